The Morgan fingerprint density at radius 3 is 2.52 bits per heavy atom. The van der Waals surface area contributed by atoms with E-state index >= 15 is 0 Å². The molecule has 21 heavy (non-hydrogen) atoms. The Morgan fingerprint density at radius 1 is 1.29 bits per heavy atom. The maximum absolute atomic E-state index is 12.4. The van der Waals surface area contributed by atoms with Gasteiger partial charge in [-0.2, -0.15) is 0 Å². The summed E-state index contributed by atoms with van der Waals surface area (Å²) in [6.45, 7) is 5.87. The Balaban J connectivity index is 2.66. The Labute approximate surface area is 121 Å². The van der Waals surface area contributed by atoms with Gasteiger partial charge in [-0.3, -0.25) is 9.36 Å². The van der Waals surface area contributed by atoms with E-state index in [9.17, 15) is 14.4 Å². The minimum absolute atomic E-state index is 0.0329. The van der Waals surface area contributed by atoms with Gasteiger partial charge in [-0.1, -0.05) is 13.8 Å². The van der Waals surface area contributed by atoms with Gasteiger partial charge in [0.1, 0.15) is 0 Å². The molecule has 0 saturated heterocycles. The van der Waals surface area contributed by atoms with Crippen LogP contribution in [0.1, 0.15) is 43.6 Å². The minimum atomic E-state index is -1.10. The van der Waals surface area contributed by atoms with Crippen molar-refractivity contribution in [1.82, 2.24) is 9.55 Å². The lowest BCUT2D eigenvalue weighted by Crippen LogP contribution is -2.37. The van der Waals surface area contributed by atoms with Gasteiger partial charge in [0.05, 0.1) is 16.5 Å². The molecule has 112 valence electrons. The fourth-order valence-corrected chi connectivity index (χ4v) is 2.55. The number of H-pyrrole nitrogens is 1. The molecule has 1 aromatic heterocycles. The van der Waals surface area contributed by atoms with Crippen LogP contribution in [0.2, 0.25) is 0 Å². The average molecular weight is 290 g/mol. The summed E-state index contributed by atoms with van der Waals surface area (Å²) in [5.41, 5.74) is -0.620. The summed E-state index contributed by atoms with van der Waals surface area (Å²) in [5, 5.41) is 9.26. The van der Waals surface area contributed by atoms with Crippen molar-refractivity contribution < 1.29 is 9.90 Å². The van der Waals surface area contributed by atoms with Crippen LogP contribution < -0.4 is 11.2 Å². The summed E-state index contributed by atoms with van der Waals surface area (Å²) in [7, 11) is 0. The Hall–Kier alpha value is -2.37. The van der Waals surface area contributed by atoms with Crippen molar-refractivity contribution in [1.29, 1.82) is 0 Å². The van der Waals surface area contributed by atoms with Gasteiger partial charge < -0.3 is 10.1 Å². The second-order valence-electron chi connectivity index (χ2n) is 5.65. The molecular weight excluding hydrogens is 272 g/mol. The first-order chi connectivity index (χ1) is 9.81. The van der Waals surface area contributed by atoms with Crippen LogP contribution in [-0.4, -0.2) is 20.6 Å². The van der Waals surface area contributed by atoms with E-state index in [0.29, 0.717) is 17.7 Å². The van der Waals surface area contributed by atoms with Gasteiger partial charge >= 0.3 is 11.7 Å². The van der Waals surface area contributed by atoms with Crippen molar-refractivity contribution in [3.63, 3.8) is 0 Å². The second kappa shape index (κ2) is 5.55. The molecule has 0 amide bonds. The summed E-state index contributed by atoms with van der Waals surface area (Å²) in [4.78, 5) is 38.1. The van der Waals surface area contributed by atoms with E-state index in [1.807, 2.05) is 20.8 Å². The smallest absolute Gasteiger partial charge is 0.335 e. The van der Waals surface area contributed by atoms with Gasteiger partial charge in [0.15, 0.2) is 0 Å². The maximum atomic E-state index is 12.4. The first-order valence-electron chi connectivity index (χ1n) is 6.83. The second-order valence-corrected chi connectivity index (χ2v) is 5.65. The van der Waals surface area contributed by atoms with Crippen LogP contribution in [0.4, 0.5) is 0 Å². The topological polar surface area (TPSA) is 92.2 Å². The van der Waals surface area contributed by atoms with Gasteiger partial charge in [-0.05, 0) is 37.5 Å². The lowest BCUT2D eigenvalue weighted by molar-refractivity contribution is 0.0697. The highest BCUT2D eigenvalue weighted by molar-refractivity contribution is 5.92. The van der Waals surface area contributed by atoms with E-state index in [2.05, 4.69) is 4.98 Å². The Bertz CT molecular complexity index is 801. The fraction of sp³-hybridized carbons (Fsp3) is 0.400. The number of nitrogens with one attached hydrogen (secondary N) is 1. The van der Waals surface area contributed by atoms with Crippen molar-refractivity contribution in [3.8, 4) is 0 Å². The Morgan fingerprint density at radius 2 is 1.95 bits per heavy atom. The van der Waals surface area contributed by atoms with Gasteiger partial charge in [0.25, 0.3) is 5.56 Å². The molecule has 1 heterocycles. The molecule has 6 nitrogen and oxygen atoms in total. The van der Waals surface area contributed by atoms with E-state index < -0.39 is 11.7 Å². The normalized spacial score (nSPS) is 12.8. The number of carboxylic acids is 1. The lowest BCUT2D eigenvalue weighted by Gasteiger charge is -2.16. The van der Waals surface area contributed by atoms with Gasteiger partial charge in [0, 0.05) is 6.04 Å². The molecule has 6 heteroatoms. The molecule has 1 aromatic carbocycles. The molecule has 0 radical (unpaired) electrons. The third kappa shape index (κ3) is 2.89. The molecule has 0 bridgehead atoms. The van der Waals surface area contributed by atoms with Crippen LogP contribution in [0.25, 0.3) is 10.9 Å². The molecule has 2 rings (SSSR count). The predicted molar refractivity (Wildman–Crippen MR) is 80.0 cm³/mol. The molecule has 1 atom stereocenters. The number of benzene rings is 1. The number of fused-ring (bicyclic) bond motifs is 1. The SMILES string of the molecule is CC(C)CC(C)n1c(=O)[nH]c2cc(C(=O)O)ccc2c1=O. The number of hydrogen-bond acceptors (Lipinski definition) is 3. The minimum Gasteiger partial charge on any atom is -0.478 e. The zero-order valence-electron chi connectivity index (χ0n) is 12.2. The van der Waals surface area contributed by atoms with E-state index in [1.54, 1.807) is 0 Å². The van der Waals surface area contributed by atoms with Crippen LogP contribution in [0.3, 0.4) is 0 Å². The predicted octanol–water partition coefficient (Wildman–Crippen LogP) is 2.00. The third-order valence-corrected chi connectivity index (χ3v) is 3.43. The van der Waals surface area contributed by atoms with Crippen molar-refractivity contribution in [2.75, 3.05) is 0 Å². The summed E-state index contributed by atoms with van der Waals surface area (Å²) in [6, 6.07) is 3.89. The van der Waals surface area contributed by atoms with Crippen molar-refractivity contribution in [3.05, 3.63) is 44.6 Å². The molecule has 0 aliphatic heterocycles. The van der Waals surface area contributed by atoms with Crippen LogP contribution in [0.15, 0.2) is 27.8 Å². The number of aromatic carboxylic acids is 1. The highest BCUT2D eigenvalue weighted by Gasteiger charge is 2.15. The van der Waals surface area contributed by atoms with E-state index in [4.69, 9.17) is 5.11 Å². The number of hydrogen-bond donors (Lipinski definition) is 2. The summed E-state index contributed by atoms with van der Waals surface area (Å²) < 4.78 is 1.20. The summed E-state index contributed by atoms with van der Waals surface area (Å²) >= 11 is 0. The highest BCUT2D eigenvalue weighted by Crippen LogP contribution is 2.15. The lowest BCUT2D eigenvalue weighted by atomic mass is 10.0. The largest absolute Gasteiger partial charge is 0.478 e. The van der Waals surface area contributed by atoms with E-state index in [-0.39, 0.29) is 22.7 Å². The van der Waals surface area contributed by atoms with Crippen molar-refractivity contribution >= 4 is 16.9 Å². The molecule has 2 N–H and O–H groups in total. The zero-order chi connectivity index (χ0) is 15.7. The van der Waals surface area contributed by atoms with Crippen LogP contribution in [-0.2, 0) is 0 Å². The first-order valence-corrected chi connectivity index (χ1v) is 6.83. The zero-order valence-corrected chi connectivity index (χ0v) is 12.2. The number of nitrogens with zero attached hydrogens (tertiary/aromatic N) is 1. The molecule has 2 aromatic rings. The molecule has 1 unspecified atom stereocenters. The number of carboxylic acid groups (broad SMARTS) is 1. The van der Waals surface area contributed by atoms with E-state index in [0.717, 1.165) is 0 Å². The fourth-order valence-electron chi connectivity index (χ4n) is 2.55. The van der Waals surface area contributed by atoms with Gasteiger partial charge in [-0.25, -0.2) is 9.59 Å². The number of aromatic amines is 1. The first kappa shape index (κ1) is 15.0. The molecular formula is C15H18N2O4. The Kier molecular flexibility index (Phi) is 3.97. The van der Waals surface area contributed by atoms with Crippen molar-refractivity contribution in [2.45, 2.75) is 33.2 Å². The van der Waals surface area contributed by atoms with Crippen LogP contribution in [0.5, 0.6) is 0 Å². The van der Waals surface area contributed by atoms with E-state index in [1.165, 1.54) is 22.8 Å². The highest BCUT2D eigenvalue weighted by atomic mass is 16.4. The average Bonchev–Trinajstić information content (AvgIpc) is 2.36. The maximum Gasteiger partial charge on any atom is 0.335 e. The number of rotatable bonds is 4. The van der Waals surface area contributed by atoms with Crippen molar-refractivity contribution in [2.24, 2.45) is 5.92 Å². The standard InChI is InChI=1S/C15H18N2O4/c1-8(2)6-9(3)17-13(18)11-5-4-10(14(19)20)7-12(11)16-15(17)21/h4-5,7-9H,6H2,1-3H3,(H,16,21)(H,19,20). The molecule has 0 saturated carbocycles. The van der Waals surface area contributed by atoms with Crippen LogP contribution >= 0.6 is 0 Å². The van der Waals surface area contributed by atoms with Crippen LogP contribution in [0, 0.1) is 5.92 Å². The number of aromatic nitrogens is 2. The summed E-state index contributed by atoms with van der Waals surface area (Å²) in [6.07, 6.45) is 0.710. The molecule has 0 fully saturated rings. The molecule has 0 aliphatic carbocycles. The van der Waals surface area contributed by atoms with Gasteiger partial charge in [0.2, 0.25) is 0 Å². The summed E-state index contributed by atoms with van der Waals surface area (Å²) in [5.74, 6) is -0.744. The molecule has 0 spiro atoms. The third-order valence-electron chi connectivity index (χ3n) is 3.43. The van der Waals surface area contributed by atoms with Gasteiger partial charge in [-0.15, -0.1) is 0 Å². The quantitative estimate of drug-likeness (QED) is 0.900. The molecule has 0 aliphatic rings. The number of carbonyl (C=O) groups is 1. The monoisotopic (exact) mass is 290 g/mol.